The van der Waals surface area contributed by atoms with Gasteiger partial charge >= 0.3 is 7.13 Å². The fraction of sp³-hybridized carbons (Fsp3) is 0.500. The highest BCUT2D eigenvalue weighted by atomic mass is 31.2. The first-order valence-corrected chi connectivity index (χ1v) is 14.7. The molecule has 40 heavy (non-hydrogen) atoms. The molecule has 17 nitrogen and oxygen atoms in total. The standard InChI is InChI=1S/C20H28BN10O7P2/c1-24-20(22)29-19-15(7-32)27-11-31(19)17-3-2-13(38-17)8-37-40(34,21-23)36-5-4-30-16(9-35-12-39-33)28-14-6-25-10-26-18(14)30/h6-7,10-11,13,17H,2-5,8-9,12,23H2,1H3,(H3,22,24,29). The van der Waals surface area contributed by atoms with Crippen LogP contribution in [0.15, 0.2) is 23.8 Å². The lowest BCUT2D eigenvalue weighted by molar-refractivity contribution is -0.0184. The fourth-order valence-electron chi connectivity index (χ4n) is 4.01. The van der Waals surface area contributed by atoms with Gasteiger partial charge in [0.15, 0.2) is 26.4 Å². The summed E-state index contributed by atoms with van der Waals surface area (Å²) in [5.74, 6) is 0.972. The number of nitrogens with two attached hydrogens (primary N) is 2. The molecule has 1 saturated heterocycles. The summed E-state index contributed by atoms with van der Waals surface area (Å²) in [7, 11) is -1.52. The molecule has 0 spiro atoms. The minimum atomic E-state index is -3.78. The van der Waals surface area contributed by atoms with Gasteiger partial charge in [0.1, 0.15) is 48.4 Å². The molecular weight excluding hydrogens is 565 g/mol. The van der Waals surface area contributed by atoms with Crippen LogP contribution < -0.4 is 16.7 Å². The largest absolute Gasteiger partial charge is 0.370 e. The van der Waals surface area contributed by atoms with Crippen LogP contribution >= 0.6 is 15.9 Å². The van der Waals surface area contributed by atoms with Crippen LogP contribution in [-0.4, -0.2) is 81.2 Å². The Bertz CT molecular complexity index is 1400. The van der Waals surface area contributed by atoms with Crippen LogP contribution in [0, 0.1) is 0 Å². The van der Waals surface area contributed by atoms with Gasteiger partial charge in [-0.3, -0.25) is 23.5 Å². The van der Waals surface area contributed by atoms with E-state index in [1.165, 1.54) is 19.7 Å². The summed E-state index contributed by atoms with van der Waals surface area (Å²) in [6, 6.07) is 0. The van der Waals surface area contributed by atoms with Crippen molar-refractivity contribution < 1.29 is 32.4 Å². The maximum atomic E-state index is 13.1. The number of carbonyl (C=O) groups excluding carboxylic acids is 1. The summed E-state index contributed by atoms with van der Waals surface area (Å²) in [4.78, 5) is 32.0. The number of aliphatic imine (C=N–C) groups is 1. The van der Waals surface area contributed by atoms with Gasteiger partial charge < -0.3 is 39.8 Å². The van der Waals surface area contributed by atoms with E-state index in [0.717, 1.165) is 7.13 Å². The van der Waals surface area contributed by atoms with Gasteiger partial charge in [-0.05, 0) is 12.8 Å². The zero-order valence-electron chi connectivity index (χ0n) is 21.5. The molecule has 0 saturated carbocycles. The lowest BCUT2D eigenvalue weighted by Gasteiger charge is -2.21. The van der Waals surface area contributed by atoms with E-state index in [1.54, 1.807) is 15.3 Å². The normalized spacial score (nSPS) is 19.2. The van der Waals surface area contributed by atoms with Gasteiger partial charge in [-0.25, -0.2) is 19.9 Å². The SMILES string of the molecule is CN=C(N)Nc1c(C=O)ncn1C1CCC(COP(=O)([B]N)OCCn2c(COCP=O)nc3cncnc32)O1. The number of aldehydes is 1. The molecule has 3 atom stereocenters. The predicted octanol–water partition coefficient (Wildman–Crippen LogP) is 1.05. The van der Waals surface area contributed by atoms with Crippen LogP contribution in [0.25, 0.3) is 11.2 Å². The van der Waals surface area contributed by atoms with Crippen molar-refractivity contribution >= 4 is 52.3 Å². The summed E-state index contributed by atoms with van der Waals surface area (Å²) in [6.45, 7) is 0.209. The third-order valence-electron chi connectivity index (χ3n) is 5.89. The number of rotatable bonds is 15. The number of nitrogens with zero attached hydrogens (tertiary/aromatic N) is 7. The van der Waals surface area contributed by atoms with Crippen molar-refractivity contribution in [3.8, 4) is 0 Å². The highest BCUT2D eigenvalue weighted by Crippen LogP contribution is 2.46. The number of guanidine groups is 1. The lowest BCUT2D eigenvalue weighted by atomic mass is 10.2. The smallest absolute Gasteiger partial charge is 0.362 e. The molecule has 1 aliphatic heterocycles. The van der Waals surface area contributed by atoms with Crippen molar-refractivity contribution in [3.63, 3.8) is 0 Å². The van der Waals surface area contributed by atoms with Gasteiger partial charge in [-0.2, -0.15) is 0 Å². The maximum Gasteiger partial charge on any atom is 0.362 e. The lowest BCUT2D eigenvalue weighted by Crippen LogP contribution is -2.25. The van der Waals surface area contributed by atoms with E-state index in [4.69, 9.17) is 29.9 Å². The topological polar surface area (TPSA) is 226 Å². The molecule has 4 heterocycles. The Labute approximate surface area is 231 Å². The molecule has 0 bridgehead atoms. The molecule has 5 N–H and O–H groups in total. The van der Waals surface area contributed by atoms with Gasteiger partial charge in [0, 0.05) is 13.6 Å². The first kappa shape index (κ1) is 29.9. The van der Waals surface area contributed by atoms with Crippen LogP contribution in [0.4, 0.5) is 5.82 Å². The zero-order chi connectivity index (χ0) is 28.5. The number of anilines is 1. The molecule has 0 aromatic carbocycles. The molecule has 4 rings (SSSR count). The van der Waals surface area contributed by atoms with Gasteiger partial charge in [0.25, 0.3) is 7.47 Å². The van der Waals surface area contributed by atoms with E-state index in [0.29, 0.717) is 41.9 Å². The van der Waals surface area contributed by atoms with Crippen LogP contribution in [0.5, 0.6) is 0 Å². The number of aromatic nitrogens is 6. The van der Waals surface area contributed by atoms with Crippen molar-refractivity contribution in [2.24, 2.45) is 16.4 Å². The quantitative estimate of drug-likeness (QED) is 0.0559. The molecule has 3 aromatic heterocycles. The Kier molecular flexibility index (Phi) is 10.4. The van der Waals surface area contributed by atoms with Gasteiger partial charge in [-0.15, -0.1) is 0 Å². The maximum absolute atomic E-state index is 13.1. The van der Waals surface area contributed by atoms with Crippen LogP contribution in [0.1, 0.15) is 35.4 Å². The summed E-state index contributed by atoms with van der Waals surface area (Å²) < 4.78 is 49.7. The van der Waals surface area contributed by atoms with Gasteiger partial charge in [0.05, 0.1) is 31.8 Å². The minimum absolute atomic E-state index is 0.0125. The third-order valence-corrected chi connectivity index (χ3v) is 7.59. The second-order valence-electron chi connectivity index (χ2n) is 8.36. The number of hydrogen-bond acceptors (Lipinski definition) is 13. The number of nitrogens with one attached hydrogen (secondary N) is 1. The van der Waals surface area contributed by atoms with E-state index in [2.05, 4.69) is 30.2 Å². The van der Waals surface area contributed by atoms with E-state index in [1.807, 2.05) is 0 Å². The van der Waals surface area contributed by atoms with Crippen molar-refractivity contribution in [1.29, 1.82) is 0 Å². The summed E-state index contributed by atoms with van der Waals surface area (Å²) in [5.41, 5.74) is 12.6. The Hall–Kier alpha value is -3.11. The third kappa shape index (κ3) is 7.15. The molecule has 1 aliphatic rings. The van der Waals surface area contributed by atoms with E-state index >= 15 is 0 Å². The molecule has 3 unspecified atom stereocenters. The average molecular weight is 593 g/mol. The number of carbonyl (C=O) groups is 1. The highest BCUT2D eigenvalue weighted by molar-refractivity contribution is 7.83. The van der Waals surface area contributed by atoms with E-state index in [-0.39, 0.29) is 52.8 Å². The Balaban J connectivity index is 1.34. The van der Waals surface area contributed by atoms with E-state index < -0.39 is 19.8 Å². The Morgan fingerprint density at radius 1 is 1.40 bits per heavy atom. The fourth-order valence-corrected chi connectivity index (χ4v) is 5.14. The van der Waals surface area contributed by atoms with Crippen LogP contribution in [0.2, 0.25) is 0 Å². The summed E-state index contributed by atoms with van der Waals surface area (Å²) >= 11 is 0. The highest BCUT2D eigenvalue weighted by Gasteiger charge is 2.32. The zero-order valence-corrected chi connectivity index (χ0v) is 23.3. The molecular formula is C20H28BN10O7P2. The van der Waals surface area contributed by atoms with Gasteiger partial charge in [0.2, 0.25) is 0 Å². The van der Waals surface area contributed by atoms with Crippen molar-refractivity contribution in [2.75, 3.05) is 31.9 Å². The molecule has 3 aromatic rings. The molecule has 0 amide bonds. The first-order valence-electron chi connectivity index (χ1n) is 12.0. The molecule has 0 aliphatic carbocycles. The predicted molar refractivity (Wildman–Crippen MR) is 144 cm³/mol. The van der Waals surface area contributed by atoms with Crippen molar-refractivity contribution in [3.05, 3.63) is 30.4 Å². The number of hydrogen-bond donors (Lipinski definition) is 3. The van der Waals surface area contributed by atoms with E-state index in [9.17, 15) is 13.9 Å². The second kappa shape index (κ2) is 14.0. The van der Waals surface area contributed by atoms with Crippen LogP contribution in [-0.2, 0) is 40.8 Å². The molecule has 213 valence electrons. The first-order chi connectivity index (χ1) is 19.4. The average Bonchev–Trinajstić information content (AvgIpc) is 3.69. The number of ether oxygens (including phenoxy) is 2. The summed E-state index contributed by atoms with van der Waals surface area (Å²) in [5, 5.41) is 2.84. The molecule has 1 fully saturated rings. The van der Waals surface area contributed by atoms with Crippen LogP contribution in [0.3, 0.4) is 0 Å². The molecule has 20 heteroatoms. The molecule has 1 radical (unpaired) electrons. The minimum Gasteiger partial charge on any atom is -0.370 e. The number of imidazole rings is 2. The Morgan fingerprint density at radius 2 is 2.25 bits per heavy atom. The Morgan fingerprint density at radius 3 is 3.00 bits per heavy atom. The van der Waals surface area contributed by atoms with Crippen molar-refractivity contribution in [2.45, 2.75) is 38.3 Å². The number of fused-ring (bicyclic) bond motifs is 1. The van der Waals surface area contributed by atoms with Crippen molar-refractivity contribution in [1.82, 2.24) is 29.1 Å². The monoisotopic (exact) mass is 593 g/mol. The summed E-state index contributed by atoms with van der Waals surface area (Å²) in [6.07, 6.45) is 5.28. The van der Waals surface area contributed by atoms with Gasteiger partial charge in [-0.1, -0.05) is 0 Å². The second-order valence-corrected chi connectivity index (χ2v) is 10.8.